The minimum Gasteiger partial charge on any atom is -0.481 e. The summed E-state index contributed by atoms with van der Waals surface area (Å²) in [6.45, 7) is 3.50. The third-order valence-corrected chi connectivity index (χ3v) is 3.10. The molecule has 2 N–H and O–H groups in total. The van der Waals surface area contributed by atoms with E-state index >= 15 is 0 Å². The highest BCUT2D eigenvalue weighted by molar-refractivity contribution is 5.66. The third kappa shape index (κ3) is 3.57. The van der Waals surface area contributed by atoms with E-state index in [1.807, 2.05) is 12.1 Å². The average Bonchev–Trinajstić information content (AvgIpc) is 2.80. The van der Waals surface area contributed by atoms with Crippen LogP contribution in [0.1, 0.15) is 18.6 Å². The molecule has 1 saturated heterocycles. The largest absolute Gasteiger partial charge is 0.481 e. The first-order chi connectivity index (χ1) is 8.25. The number of carboxylic acid groups (broad SMARTS) is 1. The zero-order chi connectivity index (χ0) is 12.1. The fourth-order valence-corrected chi connectivity index (χ4v) is 2.19. The number of nitrogens with zero attached hydrogens (tertiary/aromatic N) is 1. The Kier molecular flexibility index (Phi) is 4.17. The lowest BCUT2D eigenvalue weighted by Gasteiger charge is -2.35. The number of carboxylic acids is 1. The number of aliphatic carboxylic acids is 1. The minimum absolute atomic E-state index is 0.223. The van der Waals surface area contributed by atoms with Gasteiger partial charge in [-0.3, -0.25) is 9.69 Å². The minimum atomic E-state index is -0.728. The summed E-state index contributed by atoms with van der Waals surface area (Å²) in [5.41, 5.74) is 0. The van der Waals surface area contributed by atoms with Crippen molar-refractivity contribution in [2.75, 3.05) is 19.6 Å². The molecule has 0 bridgehead atoms. The molecule has 0 aromatic carbocycles. The molecule has 1 aromatic heterocycles. The smallest absolute Gasteiger partial charge is 0.303 e. The van der Waals surface area contributed by atoms with Crippen LogP contribution < -0.4 is 5.32 Å². The molecule has 1 fully saturated rings. The summed E-state index contributed by atoms with van der Waals surface area (Å²) >= 11 is 0. The highest BCUT2D eigenvalue weighted by atomic mass is 16.4. The summed E-state index contributed by atoms with van der Waals surface area (Å²) in [4.78, 5) is 12.9. The van der Waals surface area contributed by atoms with E-state index in [4.69, 9.17) is 9.52 Å². The van der Waals surface area contributed by atoms with Gasteiger partial charge in [0.15, 0.2) is 0 Å². The Labute approximate surface area is 100 Å². The lowest BCUT2D eigenvalue weighted by molar-refractivity contribution is -0.137. The molecule has 0 spiro atoms. The van der Waals surface area contributed by atoms with Gasteiger partial charge in [-0.25, -0.2) is 0 Å². The van der Waals surface area contributed by atoms with Crippen molar-refractivity contribution in [3.05, 3.63) is 24.2 Å². The summed E-state index contributed by atoms with van der Waals surface area (Å²) in [5, 5.41) is 12.0. The molecule has 1 atom stereocenters. The van der Waals surface area contributed by atoms with Gasteiger partial charge in [0, 0.05) is 32.1 Å². The van der Waals surface area contributed by atoms with Crippen LogP contribution in [-0.4, -0.2) is 41.7 Å². The molecule has 5 heteroatoms. The molecule has 1 unspecified atom stereocenters. The van der Waals surface area contributed by atoms with Gasteiger partial charge in [0.05, 0.1) is 12.8 Å². The second kappa shape index (κ2) is 5.84. The van der Waals surface area contributed by atoms with Crippen LogP contribution in [0, 0.1) is 0 Å². The van der Waals surface area contributed by atoms with Gasteiger partial charge in [-0.05, 0) is 18.6 Å². The monoisotopic (exact) mass is 238 g/mol. The van der Waals surface area contributed by atoms with Gasteiger partial charge in [0.25, 0.3) is 0 Å². The molecule has 0 amide bonds. The summed E-state index contributed by atoms with van der Waals surface area (Å²) in [5.74, 6) is 0.209. The molecular formula is C12H18N2O3. The molecule has 17 heavy (non-hydrogen) atoms. The van der Waals surface area contributed by atoms with Crippen molar-refractivity contribution in [3.8, 4) is 0 Å². The van der Waals surface area contributed by atoms with Gasteiger partial charge in [0.2, 0.25) is 0 Å². The topological polar surface area (TPSA) is 65.7 Å². The van der Waals surface area contributed by atoms with Crippen molar-refractivity contribution in [1.82, 2.24) is 10.2 Å². The molecule has 0 aliphatic carbocycles. The summed E-state index contributed by atoms with van der Waals surface area (Å²) < 4.78 is 5.33. The van der Waals surface area contributed by atoms with Crippen LogP contribution in [0.25, 0.3) is 0 Å². The highest BCUT2D eigenvalue weighted by Crippen LogP contribution is 2.14. The molecule has 94 valence electrons. The second-order valence-electron chi connectivity index (χ2n) is 4.34. The first-order valence-electron chi connectivity index (χ1n) is 5.94. The maximum Gasteiger partial charge on any atom is 0.303 e. The standard InChI is InChI=1S/C12H18N2O3/c15-12(16)4-3-10-8-13-5-6-14(10)9-11-2-1-7-17-11/h1-2,7,10,13H,3-6,8-9H2,(H,15,16). The lowest BCUT2D eigenvalue weighted by atomic mass is 10.1. The molecule has 2 heterocycles. The van der Waals surface area contributed by atoms with Crippen molar-refractivity contribution >= 4 is 5.97 Å². The summed E-state index contributed by atoms with van der Waals surface area (Å²) in [6.07, 6.45) is 2.58. The van der Waals surface area contributed by atoms with Crippen LogP contribution in [0.15, 0.2) is 22.8 Å². The lowest BCUT2D eigenvalue weighted by Crippen LogP contribution is -2.50. The van der Waals surface area contributed by atoms with Crippen LogP contribution in [0.3, 0.4) is 0 Å². The highest BCUT2D eigenvalue weighted by Gasteiger charge is 2.23. The van der Waals surface area contributed by atoms with Crippen molar-refractivity contribution in [3.63, 3.8) is 0 Å². The maximum atomic E-state index is 10.6. The molecule has 0 saturated carbocycles. The first kappa shape index (κ1) is 12.1. The van der Waals surface area contributed by atoms with Crippen LogP contribution in [0.5, 0.6) is 0 Å². The third-order valence-electron chi connectivity index (χ3n) is 3.10. The zero-order valence-electron chi connectivity index (χ0n) is 9.76. The van der Waals surface area contributed by atoms with E-state index in [0.717, 1.165) is 31.9 Å². The number of nitrogens with one attached hydrogen (secondary N) is 1. The number of hydrogen-bond donors (Lipinski definition) is 2. The Morgan fingerprint density at radius 2 is 2.53 bits per heavy atom. The molecular weight excluding hydrogens is 220 g/mol. The number of piperazine rings is 1. The predicted octanol–water partition coefficient (Wildman–Crippen LogP) is 0.918. The van der Waals surface area contributed by atoms with E-state index in [1.165, 1.54) is 0 Å². The molecule has 5 nitrogen and oxygen atoms in total. The van der Waals surface area contributed by atoms with Gasteiger partial charge < -0.3 is 14.8 Å². The maximum absolute atomic E-state index is 10.6. The van der Waals surface area contributed by atoms with E-state index < -0.39 is 5.97 Å². The van der Waals surface area contributed by atoms with Crippen molar-refractivity contribution < 1.29 is 14.3 Å². The number of hydrogen-bond acceptors (Lipinski definition) is 4. The van der Waals surface area contributed by atoms with E-state index in [1.54, 1.807) is 6.26 Å². The van der Waals surface area contributed by atoms with E-state index in [9.17, 15) is 4.79 Å². The summed E-state index contributed by atoms with van der Waals surface area (Å²) in [7, 11) is 0. The van der Waals surface area contributed by atoms with E-state index in [0.29, 0.717) is 6.42 Å². The number of rotatable bonds is 5. The van der Waals surface area contributed by atoms with Crippen molar-refractivity contribution in [1.29, 1.82) is 0 Å². The van der Waals surface area contributed by atoms with Gasteiger partial charge in [-0.15, -0.1) is 0 Å². The Balaban J connectivity index is 1.89. The fourth-order valence-electron chi connectivity index (χ4n) is 2.19. The van der Waals surface area contributed by atoms with Crippen LogP contribution in [0.2, 0.25) is 0 Å². The van der Waals surface area contributed by atoms with Crippen LogP contribution in [0.4, 0.5) is 0 Å². The van der Waals surface area contributed by atoms with Crippen LogP contribution in [-0.2, 0) is 11.3 Å². The SMILES string of the molecule is O=C(O)CCC1CNCCN1Cc1ccco1. The predicted molar refractivity (Wildman–Crippen MR) is 62.6 cm³/mol. The van der Waals surface area contributed by atoms with E-state index in [2.05, 4.69) is 10.2 Å². The quantitative estimate of drug-likeness (QED) is 0.798. The normalized spacial score (nSPS) is 21.5. The first-order valence-corrected chi connectivity index (χ1v) is 5.94. The van der Waals surface area contributed by atoms with Crippen molar-refractivity contribution in [2.45, 2.75) is 25.4 Å². The fraction of sp³-hybridized carbons (Fsp3) is 0.583. The Morgan fingerprint density at radius 3 is 3.24 bits per heavy atom. The van der Waals surface area contributed by atoms with E-state index in [-0.39, 0.29) is 12.5 Å². The second-order valence-corrected chi connectivity index (χ2v) is 4.34. The summed E-state index contributed by atoms with van der Waals surface area (Å²) in [6, 6.07) is 4.12. The molecule has 2 rings (SSSR count). The van der Waals surface area contributed by atoms with Gasteiger partial charge in [0.1, 0.15) is 5.76 Å². The van der Waals surface area contributed by atoms with Gasteiger partial charge in [-0.1, -0.05) is 0 Å². The van der Waals surface area contributed by atoms with Crippen molar-refractivity contribution in [2.24, 2.45) is 0 Å². The average molecular weight is 238 g/mol. The molecule has 1 aliphatic heterocycles. The Hall–Kier alpha value is -1.33. The zero-order valence-corrected chi connectivity index (χ0v) is 9.76. The molecule has 0 radical (unpaired) electrons. The number of furan rings is 1. The Morgan fingerprint density at radius 1 is 1.65 bits per heavy atom. The van der Waals surface area contributed by atoms with Gasteiger partial charge in [-0.2, -0.15) is 0 Å². The van der Waals surface area contributed by atoms with Crippen LogP contribution >= 0.6 is 0 Å². The molecule has 1 aliphatic rings. The van der Waals surface area contributed by atoms with Gasteiger partial charge >= 0.3 is 5.97 Å². The number of carbonyl (C=O) groups is 1. The molecule has 1 aromatic rings. The Bertz CT molecular complexity index is 351.